The summed E-state index contributed by atoms with van der Waals surface area (Å²) in [5.74, 6) is -1.18. The molecule has 0 unspecified atom stereocenters. The van der Waals surface area contributed by atoms with E-state index in [2.05, 4.69) is 10.6 Å². The van der Waals surface area contributed by atoms with Crippen molar-refractivity contribution in [1.82, 2.24) is 10.6 Å². The van der Waals surface area contributed by atoms with Crippen molar-refractivity contribution in [2.45, 2.75) is 52.9 Å². The summed E-state index contributed by atoms with van der Waals surface area (Å²) in [6, 6.07) is 8.48. The summed E-state index contributed by atoms with van der Waals surface area (Å²) in [6.07, 6.45) is -0.694. The maximum absolute atomic E-state index is 12.3. The van der Waals surface area contributed by atoms with Crippen LogP contribution in [0.5, 0.6) is 0 Å². The second kappa shape index (κ2) is 9.79. The molecule has 1 rings (SSSR count). The first-order valence-electron chi connectivity index (χ1n) is 8.55. The summed E-state index contributed by atoms with van der Waals surface area (Å²) in [7, 11) is 0. The Morgan fingerprint density at radius 1 is 1.08 bits per heavy atom. The highest BCUT2D eigenvalue weighted by molar-refractivity contribution is 5.87. The highest BCUT2D eigenvalue weighted by Gasteiger charge is 2.26. The minimum absolute atomic E-state index is 0.134. The number of rotatable bonds is 7. The Kier molecular flexibility index (Phi) is 8.09. The van der Waals surface area contributed by atoms with E-state index in [9.17, 15) is 14.4 Å². The summed E-state index contributed by atoms with van der Waals surface area (Å²) in [5, 5.41) is 4.94. The van der Waals surface area contributed by atoms with Crippen molar-refractivity contribution < 1.29 is 23.9 Å². The number of nitrogens with one attached hydrogen (secondary N) is 2. The lowest BCUT2D eigenvalue weighted by Gasteiger charge is -2.22. The van der Waals surface area contributed by atoms with E-state index < -0.39 is 29.6 Å². The van der Waals surface area contributed by atoms with E-state index in [1.54, 1.807) is 34.6 Å². The van der Waals surface area contributed by atoms with Gasteiger partial charge >= 0.3 is 12.1 Å². The number of ether oxygens (including phenoxy) is 2. The predicted molar refractivity (Wildman–Crippen MR) is 97.2 cm³/mol. The highest BCUT2D eigenvalue weighted by Crippen LogP contribution is 2.08. The zero-order valence-corrected chi connectivity index (χ0v) is 16.0. The Balaban J connectivity index is 2.49. The smallest absolute Gasteiger partial charge is 0.408 e. The van der Waals surface area contributed by atoms with Crippen molar-refractivity contribution in [3.63, 3.8) is 0 Å². The number of amides is 2. The molecule has 0 aliphatic heterocycles. The minimum atomic E-state index is -0.799. The van der Waals surface area contributed by atoms with Crippen LogP contribution in [0.15, 0.2) is 30.3 Å². The van der Waals surface area contributed by atoms with Crippen LogP contribution in [-0.4, -0.2) is 36.2 Å². The molecule has 1 aromatic carbocycles. The zero-order chi connectivity index (χ0) is 19.7. The first-order chi connectivity index (χ1) is 12.1. The summed E-state index contributed by atoms with van der Waals surface area (Å²) in [4.78, 5) is 35.9. The molecule has 2 amide bonds. The Morgan fingerprint density at radius 3 is 2.23 bits per heavy atom. The van der Waals surface area contributed by atoms with Gasteiger partial charge in [-0.2, -0.15) is 0 Å². The van der Waals surface area contributed by atoms with E-state index >= 15 is 0 Å². The van der Waals surface area contributed by atoms with E-state index in [1.807, 2.05) is 30.3 Å². The summed E-state index contributed by atoms with van der Waals surface area (Å²) in [6.45, 7) is 8.63. The van der Waals surface area contributed by atoms with Crippen molar-refractivity contribution in [2.75, 3.05) is 6.54 Å². The SMILES string of the molecule is CC(C)[C@H](NC(=O)CNC(=O)OC(C)(C)C)C(=O)OCc1ccccc1. The summed E-state index contributed by atoms with van der Waals surface area (Å²) < 4.78 is 10.3. The molecule has 26 heavy (non-hydrogen) atoms. The number of carbonyl (C=O) groups is 3. The van der Waals surface area contributed by atoms with Crippen LogP contribution < -0.4 is 10.6 Å². The highest BCUT2D eigenvalue weighted by atomic mass is 16.6. The van der Waals surface area contributed by atoms with Gasteiger partial charge in [-0.15, -0.1) is 0 Å². The van der Waals surface area contributed by atoms with Crippen molar-refractivity contribution >= 4 is 18.0 Å². The molecule has 0 spiro atoms. The van der Waals surface area contributed by atoms with Crippen molar-refractivity contribution in [2.24, 2.45) is 5.92 Å². The molecule has 0 aliphatic carbocycles. The summed E-state index contributed by atoms with van der Waals surface area (Å²) in [5.41, 5.74) is 0.212. The van der Waals surface area contributed by atoms with Crippen LogP contribution in [0.25, 0.3) is 0 Å². The number of hydrogen-bond donors (Lipinski definition) is 2. The molecule has 0 bridgehead atoms. The van der Waals surface area contributed by atoms with Gasteiger partial charge in [0.1, 0.15) is 24.8 Å². The molecule has 144 valence electrons. The Labute approximate surface area is 154 Å². The molecule has 0 aliphatic rings. The van der Waals surface area contributed by atoms with E-state index in [0.29, 0.717) is 0 Å². The van der Waals surface area contributed by atoms with E-state index in [1.165, 1.54) is 0 Å². The standard InChI is InChI=1S/C19H28N2O5/c1-13(2)16(17(23)25-12-14-9-7-6-8-10-14)21-15(22)11-20-18(24)26-19(3,4)5/h6-10,13,16H,11-12H2,1-5H3,(H,20,24)(H,21,22)/t16-/m0/s1. The van der Waals surface area contributed by atoms with Crippen molar-refractivity contribution in [3.05, 3.63) is 35.9 Å². The van der Waals surface area contributed by atoms with Gasteiger partial charge in [0.05, 0.1) is 0 Å². The molecule has 7 nitrogen and oxygen atoms in total. The minimum Gasteiger partial charge on any atom is -0.459 e. The van der Waals surface area contributed by atoms with Crippen LogP contribution in [0.2, 0.25) is 0 Å². The molecule has 0 aromatic heterocycles. The van der Waals surface area contributed by atoms with Gasteiger partial charge in [0.25, 0.3) is 0 Å². The van der Waals surface area contributed by atoms with Crippen LogP contribution in [-0.2, 0) is 25.7 Å². The Hall–Kier alpha value is -2.57. The van der Waals surface area contributed by atoms with Crippen molar-refractivity contribution in [1.29, 1.82) is 0 Å². The second-order valence-corrected chi connectivity index (χ2v) is 7.24. The molecule has 7 heteroatoms. The average molecular weight is 364 g/mol. The fourth-order valence-electron chi connectivity index (χ4n) is 2.01. The molecule has 0 heterocycles. The first kappa shape index (κ1) is 21.5. The molecule has 1 aromatic rings. The molecular formula is C19H28N2O5. The van der Waals surface area contributed by atoms with Crippen LogP contribution in [0.1, 0.15) is 40.2 Å². The van der Waals surface area contributed by atoms with Gasteiger partial charge in [-0.25, -0.2) is 9.59 Å². The van der Waals surface area contributed by atoms with Crippen LogP contribution in [0.4, 0.5) is 4.79 Å². The molecule has 1 atom stereocenters. The van der Waals surface area contributed by atoms with E-state index in [0.717, 1.165) is 5.56 Å². The van der Waals surface area contributed by atoms with Crippen molar-refractivity contribution in [3.8, 4) is 0 Å². The maximum Gasteiger partial charge on any atom is 0.408 e. The number of esters is 1. The lowest BCUT2D eigenvalue weighted by molar-refractivity contribution is -0.150. The third-order valence-corrected chi connectivity index (χ3v) is 3.25. The number of carbonyl (C=O) groups excluding carboxylic acids is 3. The monoisotopic (exact) mass is 364 g/mol. The molecule has 2 N–H and O–H groups in total. The molecule has 0 saturated heterocycles. The largest absolute Gasteiger partial charge is 0.459 e. The molecular weight excluding hydrogens is 336 g/mol. The lowest BCUT2D eigenvalue weighted by atomic mass is 10.0. The van der Waals surface area contributed by atoms with Crippen LogP contribution >= 0.6 is 0 Å². The van der Waals surface area contributed by atoms with Gasteiger partial charge in [-0.1, -0.05) is 44.2 Å². The number of alkyl carbamates (subject to hydrolysis) is 1. The molecule has 0 radical (unpaired) electrons. The predicted octanol–water partition coefficient (Wildman–Crippen LogP) is 2.40. The number of hydrogen-bond acceptors (Lipinski definition) is 5. The van der Waals surface area contributed by atoms with E-state index in [-0.39, 0.29) is 19.1 Å². The number of benzene rings is 1. The normalized spacial score (nSPS) is 12.2. The third kappa shape index (κ3) is 8.50. The van der Waals surface area contributed by atoms with Gasteiger partial charge in [0.15, 0.2) is 0 Å². The zero-order valence-electron chi connectivity index (χ0n) is 16.0. The van der Waals surface area contributed by atoms with Crippen LogP contribution in [0, 0.1) is 5.92 Å². The topological polar surface area (TPSA) is 93.7 Å². The average Bonchev–Trinajstić information content (AvgIpc) is 2.55. The quantitative estimate of drug-likeness (QED) is 0.725. The second-order valence-electron chi connectivity index (χ2n) is 7.24. The molecule has 0 saturated carbocycles. The Morgan fingerprint density at radius 2 is 1.69 bits per heavy atom. The van der Waals surface area contributed by atoms with Crippen LogP contribution in [0.3, 0.4) is 0 Å². The van der Waals surface area contributed by atoms with Gasteiger partial charge in [0, 0.05) is 0 Å². The summed E-state index contributed by atoms with van der Waals surface area (Å²) >= 11 is 0. The van der Waals surface area contributed by atoms with E-state index in [4.69, 9.17) is 9.47 Å². The fraction of sp³-hybridized carbons (Fsp3) is 0.526. The molecule has 0 fully saturated rings. The van der Waals surface area contributed by atoms with Gasteiger partial charge in [0.2, 0.25) is 5.91 Å². The first-order valence-corrected chi connectivity index (χ1v) is 8.55. The van der Waals surface area contributed by atoms with Gasteiger partial charge < -0.3 is 20.1 Å². The lowest BCUT2D eigenvalue weighted by Crippen LogP contribution is -2.49. The van der Waals surface area contributed by atoms with Gasteiger partial charge in [-0.3, -0.25) is 4.79 Å². The fourth-order valence-corrected chi connectivity index (χ4v) is 2.01. The Bertz CT molecular complexity index is 608. The third-order valence-electron chi connectivity index (χ3n) is 3.25. The maximum atomic E-state index is 12.3. The van der Waals surface area contributed by atoms with Gasteiger partial charge in [-0.05, 0) is 32.3 Å².